The summed E-state index contributed by atoms with van der Waals surface area (Å²) >= 11 is 1.67. The van der Waals surface area contributed by atoms with Crippen molar-refractivity contribution in [3.05, 3.63) is 10.6 Å². The van der Waals surface area contributed by atoms with Crippen LogP contribution in [-0.4, -0.2) is 36.6 Å². The Morgan fingerprint density at radius 1 is 1.44 bits per heavy atom. The molecule has 4 nitrogen and oxygen atoms in total. The van der Waals surface area contributed by atoms with Gasteiger partial charge in [-0.15, -0.1) is 11.3 Å². The highest BCUT2D eigenvalue weighted by molar-refractivity contribution is 7.16. The second-order valence-electron chi connectivity index (χ2n) is 5.09. The van der Waals surface area contributed by atoms with Crippen LogP contribution in [0.4, 0.5) is 5.13 Å². The fraction of sp³-hybridized carbons (Fsp3) is 0.692. The van der Waals surface area contributed by atoms with Crippen LogP contribution >= 0.6 is 11.3 Å². The second-order valence-corrected chi connectivity index (χ2v) is 6.15. The number of ketones is 1. The van der Waals surface area contributed by atoms with Gasteiger partial charge in [-0.2, -0.15) is 0 Å². The Kier molecular flexibility index (Phi) is 3.11. The van der Waals surface area contributed by atoms with Gasteiger partial charge in [-0.3, -0.25) is 4.79 Å². The highest BCUT2D eigenvalue weighted by Crippen LogP contribution is 2.33. The number of thiazole rings is 1. The largest absolute Gasteiger partial charge is 0.376 e. The number of anilines is 1. The molecule has 2 aliphatic rings. The summed E-state index contributed by atoms with van der Waals surface area (Å²) in [6, 6.07) is 0.382. The maximum absolute atomic E-state index is 11.8. The van der Waals surface area contributed by atoms with E-state index in [9.17, 15) is 4.79 Å². The monoisotopic (exact) mass is 266 g/mol. The molecule has 2 heterocycles. The minimum absolute atomic E-state index is 0.211. The summed E-state index contributed by atoms with van der Waals surface area (Å²) in [6.45, 7) is 2.92. The summed E-state index contributed by atoms with van der Waals surface area (Å²) in [5.74, 6) is 0.211. The molecule has 0 radical (unpaired) electrons. The molecule has 1 fully saturated rings. The lowest BCUT2D eigenvalue weighted by Gasteiger charge is -2.25. The fourth-order valence-corrected chi connectivity index (χ4v) is 3.92. The van der Waals surface area contributed by atoms with Crippen molar-refractivity contribution < 1.29 is 9.53 Å². The lowest BCUT2D eigenvalue weighted by atomic mass is 10.0. The number of nitrogens with zero attached hydrogens (tertiary/aromatic N) is 2. The third-order valence-corrected chi connectivity index (χ3v) is 5.10. The van der Waals surface area contributed by atoms with E-state index in [1.807, 2.05) is 0 Å². The van der Waals surface area contributed by atoms with Crippen molar-refractivity contribution in [3.8, 4) is 0 Å². The molecule has 18 heavy (non-hydrogen) atoms. The predicted molar refractivity (Wildman–Crippen MR) is 71.6 cm³/mol. The molecular weight excluding hydrogens is 248 g/mol. The lowest BCUT2D eigenvalue weighted by molar-refractivity contribution is 0.0968. The number of fused-ring (bicyclic) bond motifs is 1. The summed E-state index contributed by atoms with van der Waals surface area (Å²) < 4.78 is 5.60. The van der Waals surface area contributed by atoms with Gasteiger partial charge in [0.05, 0.1) is 12.1 Å². The molecule has 3 rings (SSSR count). The van der Waals surface area contributed by atoms with Gasteiger partial charge in [0.1, 0.15) is 5.69 Å². The predicted octanol–water partition coefficient (Wildman–Crippen LogP) is 2.28. The SMILES string of the molecule is CC1OCCC1N(C)c1nc2c(s1)CCCC2=O. The van der Waals surface area contributed by atoms with Gasteiger partial charge >= 0.3 is 0 Å². The first-order valence-corrected chi connectivity index (χ1v) is 7.36. The Morgan fingerprint density at radius 3 is 2.94 bits per heavy atom. The van der Waals surface area contributed by atoms with E-state index in [1.165, 1.54) is 4.88 Å². The van der Waals surface area contributed by atoms with Crippen molar-refractivity contribution >= 4 is 22.3 Å². The molecule has 1 aliphatic heterocycles. The summed E-state index contributed by atoms with van der Waals surface area (Å²) in [5, 5.41) is 0.970. The molecule has 0 saturated carbocycles. The summed E-state index contributed by atoms with van der Waals surface area (Å²) in [6.07, 6.45) is 3.91. The molecule has 0 spiro atoms. The van der Waals surface area contributed by atoms with Gasteiger partial charge < -0.3 is 9.64 Å². The second kappa shape index (κ2) is 4.63. The molecule has 0 aromatic carbocycles. The van der Waals surface area contributed by atoms with Gasteiger partial charge in [0.2, 0.25) is 0 Å². The van der Waals surface area contributed by atoms with E-state index in [-0.39, 0.29) is 11.9 Å². The van der Waals surface area contributed by atoms with Crippen molar-refractivity contribution in [2.45, 2.75) is 44.8 Å². The number of carbonyl (C=O) groups excluding carboxylic acids is 1. The van der Waals surface area contributed by atoms with Crippen molar-refractivity contribution in [3.63, 3.8) is 0 Å². The molecule has 2 atom stereocenters. The number of likely N-dealkylation sites (N-methyl/N-ethyl adjacent to an activating group) is 1. The van der Waals surface area contributed by atoms with Crippen LogP contribution in [-0.2, 0) is 11.2 Å². The molecule has 1 aromatic heterocycles. The number of hydrogen-bond acceptors (Lipinski definition) is 5. The zero-order chi connectivity index (χ0) is 12.7. The van der Waals surface area contributed by atoms with Crippen LogP contribution in [0, 0.1) is 0 Å². The maximum Gasteiger partial charge on any atom is 0.186 e. The lowest BCUT2D eigenvalue weighted by Crippen LogP contribution is -2.36. The summed E-state index contributed by atoms with van der Waals surface area (Å²) in [4.78, 5) is 19.7. The third kappa shape index (κ3) is 1.95. The number of hydrogen-bond donors (Lipinski definition) is 0. The molecule has 2 unspecified atom stereocenters. The van der Waals surface area contributed by atoms with E-state index in [4.69, 9.17) is 4.74 Å². The van der Waals surface area contributed by atoms with Crippen LogP contribution in [0.1, 0.15) is 41.6 Å². The van der Waals surface area contributed by atoms with Crippen molar-refractivity contribution in [2.24, 2.45) is 0 Å². The molecule has 98 valence electrons. The molecule has 0 amide bonds. The molecule has 1 saturated heterocycles. The average molecular weight is 266 g/mol. The van der Waals surface area contributed by atoms with Crippen LogP contribution in [0.25, 0.3) is 0 Å². The molecule has 5 heteroatoms. The van der Waals surface area contributed by atoms with Crippen LogP contribution in [0.2, 0.25) is 0 Å². The number of carbonyl (C=O) groups is 1. The standard InChI is InChI=1S/C13H18N2O2S/c1-8-9(6-7-17-8)15(2)13-14-12-10(16)4-3-5-11(12)18-13/h8-9H,3-7H2,1-2H3. The highest BCUT2D eigenvalue weighted by atomic mass is 32.1. The van der Waals surface area contributed by atoms with E-state index < -0.39 is 0 Å². The van der Waals surface area contributed by atoms with Gasteiger partial charge in [-0.25, -0.2) is 4.98 Å². The Labute approximate surface area is 111 Å². The normalized spacial score (nSPS) is 27.3. The zero-order valence-electron chi connectivity index (χ0n) is 10.8. The average Bonchev–Trinajstić information content (AvgIpc) is 2.95. The Hall–Kier alpha value is -0.940. The van der Waals surface area contributed by atoms with Gasteiger partial charge in [0.15, 0.2) is 10.9 Å². The molecule has 0 bridgehead atoms. The number of Topliss-reactive ketones (excluding diaryl/α,β-unsaturated/α-hetero) is 1. The van der Waals surface area contributed by atoms with Crippen LogP contribution < -0.4 is 4.90 Å². The fourth-order valence-electron chi connectivity index (χ4n) is 2.78. The number of rotatable bonds is 2. The van der Waals surface area contributed by atoms with E-state index >= 15 is 0 Å². The van der Waals surface area contributed by atoms with E-state index in [2.05, 4.69) is 23.9 Å². The smallest absolute Gasteiger partial charge is 0.186 e. The first-order chi connectivity index (χ1) is 8.66. The third-order valence-electron chi connectivity index (χ3n) is 3.89. The van der Waals surface area contributed by atoms with E-state index in [0.29, 0.717) is 12.5 Å². The van der Waals surface area contributed by atoms with Crippen molar-refractivity contribution in [2.75, 3.05) is 18.6 Å². The zero-order valence-corrected chi connectivity index (χ0v) is 11.6. The molecule has 0 N–H and O–H groups in total. The van der Waals surface area contributed by atoms with Crippen molar-refractivity contribution in [1.29, 1.82) is 0 Å². The topological polar surface area (TPSA) is 42.4 Å². The number of aryl methyl sites for hydroxylation is 1. The van der Waals surface area contributed by atoms with Gasteiger partial charge in [-0.1, -0.05) is 0 Å². The van der Waals surface area contributed by atoms with Gasteiger partial charge in [-0.05, 0) is 26.2 Å². The van der Waals surface area contributed by atoms with Gasteiger partial charge in [0, 0.05) is 25.0 Å². The maximum atomic E-state index is 11.8. The van der Waals surface area contributed by atoms with Crippen LogP contribution in [0.5, 0.6) is 0 Å². The highest BCUT2D eigenvalue weighted by Gasteiger charge is 2.31. The molecular formula is C13H18N2O2S. The quantitative estimate of drug-likeness (QED) is 0.823. The summed E-state index contributed by atoms with van der Waals surface area (Å²) in [7, 11) is 2.06. The first kappa shape index (κ1) is 12.1. The van der Waals surface area contributed by atoms with Gasteiger partial charge in [0.25, 0.3) is 0 Å². The van der Waals surface area contributed by atoms with Crippen molar-refractivity contribution in [1.82, 2.24) is 4.98 Å². The molecule has 1 aromatic rings. The molecule has 1 aliphatic carbocycles. The van der Waals surface area contributed by atoms with E-state index in [0.717, 1.165) is 36.7 Å². The Bertz CT molecular complexity index is 472. The number of ether oxygens (including phenoxy) is 1. The number of aromatic nitrogens is 1. The van der Waals surface area contributed by atoms with E-state index in [1.54, 1.807) is 11.3 Å². The summed E-state index contributed by atoms with van der Waals surface area (Å²) in [5.41, 5.74) is 0.722. The van der Waals surface area contributed by atoms with Crippen LogP contribution in [0.15, 0.2) is 0 Å². The Balaban J connectivity index is 1.86. The first-order valence-electron chi connectivity index (χ1n) is 6.54. The Morgan fingerprint density at radius 2 is 2.28 bits per heavy atom. The van der Waals surface area contributed by atoms with Crippen LogP contribution in [0.3, 0.4) is 0 Å². The minimum atomic E-state index is 0.211. The minimum Gasteiger partial charge on any atom is -0.376 e.